The Morgan fingerprint density at radius 2 is 1.71 bits per heavy atom. The molecule has 0 radical (unpaired) electrons. The van der Waals surface area contributed by atoms with Crippen LogP contribution in [0, 0.1) is 6.92 Å². The van der Waals surface area contributed by atoms with Gasteiger partial charge >= 0.3 is 5.97 Å². The van der Waals surface area contributed by atoms with Crippen LogP contribution < -0.4 is 0 Å². The number of hydrogen-bond acceptors (Lipinski definition) is 5. The van der Waals surface area contributed by atoms with E-state index in [2.05, 4.69) is 4.99 Å². The van der Waals surface area contributed by atoms with Gasteiger partial charge in [0.15, 0.2) is 5.70 Å². The van der Waals surface area contributed by atoms with E-state index in [9.17, 15) is 4.79 Å². The van der Waals surface area contributed by atoms with Crippen LogP contribution in [0.15, 0.2) is 106 Å². The molecular weight excluding hydrogens is 404 g/mol. The second-order valence-corrected chi connectivity index (χ2v) is 8.26. The Morgan fingerprint density at radius 3 is 2.55 bits per heavy atom. The summed E-state index contributed by atoms with van der Waals surface area (Å²) in [4.78, 5) is 22.9. The predicted octanol–water partition coefficient (Wildman–Crippen LogP) is 6.04. The molecule has 1 aliphatic heterocycles. The van der Waals surface area contributed by atoms with Gasteiger partial charge in [-0.3, -0.25) is 0 Å². The molecule has 4 aromatic rings. The van der Waals surface area contributed by atoms with Crippen molar-refractivity contribution in [3.63, 3.8) is 0 Å². The summed E-state index contributed by atoms with van der Waals surface area (Å²) in [6, 6.07) is 27.8. The van der Waals surface area contributed by atoms with Crippen molar-refractivity contribution in [1.82, 2.24) is 4.98 Å². The lowest BCUT2D eigenvalue weighted by molar-refractivity contribution is -0.129. The van der Waals surface area contributed by atoms with Crippen molar-refractivity contribution >= 4 is 40.6 Å². The molecule has 0 aliphatic carbocycles. The molecule has 1 aliphatic rings. The summed E-state index contributed by atoms with van der Waals surface area (Å²) in [6.45, 7) is 1.99. The maximum atomic E-state index is 12.5. The fraction of sp³-hybridized carbons (Fsp3) is 0.0385. The minimum atomic E-state index is -0.458. The molecule has 0 amide bonds. The molecule has 0 atom stereocenters. The van der Waals surface area contributed by atoms with Crippen LogP contribution in [-0.4, -0.2) is 16.9 Å². The molecule has 5 rings (SSSR count). The van der Waals surface area contributed by atoms with E-state index in [1.54, 1.807) is 17.8 Å². The van der Waals surface area contributed by atoms with Gasteiger partial charge in [0.05, 0.1) is 5.52 Å². The molecule has 0 fully saturated rings. The number of pyridine rings is 1. The predicted molar refractivity (Wildman–Crippen MR) is 124 cm³/mol. The van der Waals surface area contributed by atoms with E-state index in [0.29, 0.717) is 5.90 Å². The van der Waals surface area contributed by atoms with Crippen molar-refractivity contribution in [3.05, 3.63) is 107 Å². The molecule has 31 heavy (non-hydrogen) atoms. The molecule has 3 aromatic carbocycles. The molecule has 1 aromatic heterocycles. The number of ether oxygens (including phenoxy) is 1. The van der Waals surface area contributed by atoms with Gasteiger partial charge in [-0.2, -0.15) is 0 Å². The Balaban J connectivity index is 1.59. The Kier molecular flexibility index (Phi) is 5.10. The number of para-hydroxylation sites is 1. The van der Waals surface area contributed by atoms with Crippen LogP contribution in [0.2, 0.25) is 0 Å². The molecule has 4 nitrogen and oxygen atoms in total. The molecule has 2 heterocycles. The molecule has 0 saturated carbocycles. The molecule has 0 bridgehead atoms. The Bertz CT molecular complexity index is 1360. The first-order valence-corrected chi connectivity index (χ1v) is 10.7. The summed E-state index contributed by atoms with van der Waals surface area (Å²) < 4.78 is 5.45. The van der Waals surface area contributed by atoms with E-state index >= 15 is 0 Å². The zero-order valence-electron chi connectivity index (χ0n) is 16.8. The van der Waals surface area contributed by atoms with Crippen LogP contribution in [-0.2, 0) is 9.53 Å². The zero-order chi connectivity index (χ0) is 21.2. The van der Waals surface area contributed by atoms with Gasteiger partial charge in [0.25, 0.3) is 0 Å². The third-order valence-corrected chi connectivity index (χ3v) is 5.88. The van der Waals surface area contributed by atoms with Gasteiger partial charge in [-0.25, -0.2) is 14.8 Å². The maximum absolute atomic E-state index is 12.5. The Labute approximate surface area is 184 Å². The largest absolute Gasteiger partial charge is 0.402 e. The fourth-order valence-corrected chi connectivity index (χ4v) is 4.25. The number of benzene rings is 3. The maximum Gasteiger partial charge on any atom is 0.363 e. The number of fused-ring (bicyclic) bond motifs is 1. The van der Waals surface area contributed by atoms with Crippen LogP contribution in [0.1, 0.15) is 16.7 Å². The van der Waals surface area contributed by atoms with E-state index in [1.165, 1.54) is 0 Å². The van der Waals surface area contributed by atoms with Crippen molar-refractivity contribution in [3.8, 4) is 0 Å². The smallest absolute Gasteiger partial charge is 0.363 e. The van der Waals surface area contributed by atoms with Crippen LogP contribution in [0.25, 0.3) is 17.0 Å². The first-order valence-electron chi connectivity index (χ1n) is 9.88. The number of nitrogens with zero attached hydrogens (tertiary/aromatic N) is 2. The lowest BCUT2D eigenvalue weighted by Gasteiger charge is -2.08. The number of aryl methyl sites for hydroxylation is 1. The molecular formula is C26H18N2O2S. The number of rotatable bonds is 4. The average molecular weight is 423 g/mol. The first kappa shape index (κ1) is 19.3. The number of carbonyl (C=O) groups is 1. The topological polar surface area (TPSA) is 51.5 Å². The van der Waals surface area contributed by atoms with Crippen molar-refractivity contribution in [2.75, 3.05) is 0 Å². The lowest BCUT2D eigenvalue weighted by atomic mass is 10.1. The van der Waals surface area contributed by atoms with E-state index in [1.807, 2.05) is 91.9 Å². The van der Waals surface area contributed by atoms with Gasteiger partial charge in [0.2, 0.25) is 5.90 Å². The Hall–Kier alpha value is -3.70. The summed E-state index contributed by atoms with van der Waals surface area (Å²) in [7, 11) is 0. The van der Waals surface area contributed by atoms with Crippen molar-refractivity contribution in [2.45, 2.75) is 16.8 Å². The average Bonchev–Trinajstić information content (AvgIpc) is 3.15. The van der Waals surface area contributed by atoms with Crippen molar-refractivity contribution in [2.24, 2.45) is 4.99 Å². The molecule has 150 valence electrons. The summed E-state index contributed by atoms with van der Waals surface area (Å²) >= 11 is 1.56. The lowest BCUT2D eigenvalue weighted by Crippen LogP contribution is -2.05. The number of aromatic nitrogens is 1. The number of aliphatic imine (C=N–C) groups is 1. The second kappa shape index (κ2) is 8.20. The third-order valence-electron chi connectivity index (χ3n) is 4.85. The number of cyclic esters (lactones) is 1. The van der Waals surface area contributed by atoms with Gasteiger partial charge in [0, 0.05) is 21.4 Å². The molecule has 0 N–H and O–H groups in total. The van der Waals surface area contributed by atoms with Crippen LogP contribution in [0.3, 0.4) is 0 Å². The molecule has 0 unspecified atom stereocenters. The van der Waals surface area contributed by atoms with Gasteiger partial charge in [-0.15, -0.1) is 0 Å². The minimum absolute atomic E-state index is 0.267. The molecule has 0 spiro atoms. The van der Waals surface area contributed by atoms with E-state index in [4.69, 9.17) is 9.72 Å². The number of carbonyl (C=O) groups excluding carboxylic acids is 1. The molecule has 0 saturated heterocycles. The summed E-state index contributed by atoms with van der Waals surface area (Å²) in [5, 5.41) is 1.81. The van der Waals surface area contributed by atoms with Crippen LogP contribution >= 0.6 is 11.8 Å². The highest BCUT2D eigenvalue weighted by molar-refractivity contribution is 7.99. The highest BCUT2D eigenvalue weighted by Gasteiger charge is 2.25. The normalized spacial score (nSPS) is 14.7. The second-order valence-electron chi connectivity index (χ2n) is 7.20. The standard InChI is InChI=1S/C26H18N2O2S/c1-17-8-7-10-19(14-17)24-27-23(26(29)30-24)16-20-15-18-9-5-6-13-22(18)28-25(20)31-21-11-3-2-4-12-21/h2-16H,1H3/b23-16+. The fourth-order valence-electron chi connectivity index (χ4n) is 3.36. The number of esters is 1. The van der Waals surface area contributed by atoms with E-state index < -0.39 is 5.97 Å². The van der Waals surface area contributed by atoms with E-state index in [-0.39, 0.29) is 5.70 Å². The SMILES string of the molecule is Cc1cccc(C2=N/C(=C/c3cc4ccccc4nc3Sc3ccccc3)C(=O)O2)c1. The number of hydrogen-bond donors (Lipinski definition) is 0. The molecule has 5 heteroatoms. The summed E-state index contributed by atoms with van der Waals surface area (Å²) in [5.74, 6) is -0.133. The monoisotopic (exact) mass is 422 g/mol. The van der Waals surface area contributed by atoms with Gasteiger partial charge in [0.1, 0.15) is 5.03 Å². The summed E-state index contributed by atoms with van der Waals surface area (Å²) in [5.41, 5.74) is 3.86. The summed E-state index contributed by atoms with van der Waals surface area (Å²) in [6.07, 6.45) is 1.76. The highest BCUT2D eigenvalue weighted by Crippen LogP contribution is 2.33. The van der Waals surface area contributed by atoms with Crippen molar-refractivity contribution in [1.29, 1.82) is 0 Å². The van der Waals surface area contributed by atoms with E-state index in [0.717, 1.165) is 37.5 Å². The van der Waals surface area contributed by atoms with Gasteiger partial charge < -0.3 is 4.74 Å². The first-order chi connectivity index (χ1) is 15.2. The van der Waals surface area contributed by atoms with Crippen LogP contribution in [0.4, 0.5) is 0 Å². The minimum Gasteiger partial charge on any atom is -0.402 e. The highest BCUT2D eigenvalue weighted by atomic mass is 32.2. The quantitative estimate of drug-likeness (QED) is 0.297. The third kappa shape index (κ3) is 4.13. The Morgan fingerprint density at radius 1 is 0.903 bits per heavy atom. The van der Waals surface area contributed by atoms with Crippen LogP contribution in [0.5, 0.6) is 0 Å². The van der Waals surface area contributed by atoms with Gasteiger partial charge in [-0.1, -0.05) is 65.9 Å². The van der Waals surface area contributed by atoms with Crippen molar-refractivity contribution < 1.29 is 9.53 Å². The van der Waals surface area contributed by atoms with Gasteiger partial charge in [-0.05, 0) is 49.4 Å². The zero-order valence-corrected chi connectivity index (χ0v) is 17.6.